The molecule has 2 unspecified atom stereocenters. The van der Waals surface area contributed by atoms with Crippen LogP contribution in [0.25, 0.3) is 11.2 Å². The van der Waals surface area contributed by atoms with E-state index in [1.54, 1.807) is 25.2 Å². The number of nitrogens with one attached hydrogen (secondary N) is 3. The molecule has 14 heteroatoms. The maximum Gasteiger partial charge on any atom is 0.447 e. The SMILES string of the molecule is [B]C(O)(O)Cc1ccc(C(=C)NC)cc1NCC#Cc1cc2c(NC3CCN(C)CC3F)nccn2c1SC(F)(F)F. The molecule has 0 aliphatic carbocycles. The second-order valence-corrected chi connectivity index (χ2v) is 11.1. The van der Waals surface area contributed by atoms with Gasteiger partial charge in [0, 0.05) is 62.1 Å². The van der Waals surface area contributed by atoms with E-state index in [9.17, 15) is 27.8 Å². The van der Waals surface area contributed by atoms with Crippen LogP contribution in [0.2, 0.25) is 0 Å². The van der Waals surface area contributed by atoms with Gasteiger partial charge >= 0.3 is 5.51 Å². The smallest absolute Gasteiger partial charge is 0.388 e. The van der Waals surface area contributed by atoms with Crippen molar-refractivity contribution in [2.45, 2.75) is 41.3 Å². The zero-order valence-electron chi connectivity index (χ0n) is 23.1. The van der Waals surface area contributed by atoms with E-state index in [1.165, 1.54) is 22.9 Å². The summed E-state index contributed by atoms with van der Waals surface area (Å²) in [5, 5.41) is 28.4. The van der Waals surface area contributed by atoms with Gasteiger partial charge in [0.05, 0.1) is 23.7 Å². The van der Waals surface area contributed by atoms with E-state index in [0.717, 1.165) is 5.56 Å². The van der Waals surface area contributed by atoms with Crippen LogP contribution in [0.15, 0.2) is 48.3 Å². The zero-order chi connectivity index (χ0) is 30.7. The lowest BCUT2D eigenvalue weighted by Crippen LogP contribution is -2.46. The van der Waals surface area contributed by atoms with Crippen molar-refractivity contribution in [3.05, 3.63) is 59.9 Å². The molecular weight excluding hydrogens is 571 g/mol. The summed E-state index contributed by atoms with van der Waals surface area (Å²) >= 11 is -0.292. The van der Waals surface area contributed by atoms with Crippen molar-refractivity contribution >= 4 is 42.3 Å². The van der Waals surface area contributed by atoms with E-state index in [2.05, 4.69) is 39.4 Å². The van der Waals surface area contributed by atoms with Crippen molar-refractivity contribution in [1.82, 2.24) is 19.6 Å². The normalized spacial score (nSPS) is 17.9. The maximum atomic E-state index is 14.7. The largest absolute Gasteiger partial charge is 0.447 e. The molecule has 8 nitrogen and oxygen atoms in total. The Hall–Kier alpha value is -3.38. The molecule has 0 saturated carbocycles. The van der Waals surface area contributed by atoms with Crippen molar-refractivity contribution in [2.75, 3.05) is 44.4 Å². The first kappa shape index (κ1) is 31.6. The Morgan fingerprint density at radius 3 is 2.71 bits per heavy atom. The molecule has 0 amide bonds. The van der Waals surface area contributed by atoms with Gasteiger partial charge < -0.3 is 35.5 Å². The predicted octanol–water partition coefficient (Wildman–Crippen LogP) is 3.40. The van der Waals surface area contributed by atoms with E-state index in [1.807, 2.05) is 11.9 Å². The van der Waals surface area contributed by atoms with Gasteiger partial charge in [0.25, 0.3) is 0 Å². The minimum absolute atomic E-state index is 0.0156. The summed E-state index contributed by atoms with van der Waals surface area (Å²) < 4.78 is 56.7. The lowest BCUT2D eigenvalue weighted by atomic mass is 9.87. The molecule has 1 saturated heterocycles. The molecule has 1 aromatic carbocycles. The number of aromatic nitrogens is 2. The predicted molar refractivity (Wildman–Crippen MR) is 158 cm³/mol. The molecule has 3 heterocycles. The number of anilines is 2. The van der Waals surface area contributed by atoms with E-state index in [4.69, 9.17) is 7.85 Å². The Balaban J connectivity index is 1.63. The first-order valence-electron chi connectivity index (χ1n) is 13.1. The first-order valence-corrected chi connectivity index (χ1v) is 13.9. The first-order chi connectivity index (χ1) is 19.7. The minimum atomic E-state index is -4.58. The third kappa shape index (κ3) is 8.13. The van der Waals surface area contributed by atoms with Crippen molar-refractivity contribution in [3.63, 3.8) is 0 Å². The van der Waals surface area contributed by atoms with E-state index in [0.29, 0.717) is 35.4 Å². The van der Waals surface area contributed by atoms with Crippen LogP contribution in [0.5, 0.6) is 0 Å². The van der Waals surface area contributed by atoms with Crippen molar-refractivity contribution < 1.29 is 27.8 Å². The fraction of sp³-hybridized carbons (Fsp3) is 0.393. The van der Waals surface area contributed by atoms with Crippen LogP contribution < -0.4 is 16.0 Å². The number of likely N-dealkylation sites (tertiary alicyclic amines) is 1. The molecule has 3 aromatic rings. The number of hydrogen-bond acceptors (Lipinski definition) is 8. The van der Waals surface area contributed by atoms with Crippen LogP contribution in [0, 0.1) is 11.8 Å². The van der Waals surface area contributed by atoms with Crippen LogP contribution in [-0.4, -0.2) is 89.5 Å². The molecule has 5 N–H and O–H groups in total. The number of nitrogens with zero attached hydrogens (tertiary/aromatic N) is 3. The fourth-order valence-electron chi connectivity index (χ4n) is 4.67. The zero-order valence-corrected chi connectivity index (χ0v) is 23.9. The molecule has 42 heavy (non-hydrogen) atoms. The third-order valence-electron chi connectivity index (χ3n) is 6.73. The fourth-order valence-corrected chi connectivity index (χ4v) is 5.37. The molecule has 0 bridgehead atoms. The summed E-state index contributed by atoms with van der Waals surface area (Å²) in [6.07, 6.45) is 1.85. The molecule has 222 valence electrons. The van der Waals surface area contributed by atoms with Crippen LogP contribution >= 0.6 is 11.8 Å². The summed E-state index contributed by atoms with van der Waals surface area (Å²) in [6, 6.07) is 6.10. The number of rotatable bonds is 9. The van der Waals surface area contributed by atoms with Gasteiger partial charge in [-0.15, -0.1) is 0 Å². The number of hydrogen-bond donors (Lipinski definition) is 5. The molecule has 2 radical (unpaired) electrons. The van der Waals surface area contributed by atoms with Gasteiger partial charge in [-0.05, 0) is 36.7 Å². The number of alkyl halides is 4. The van der Waals surface area contributed by atoms with Crippen LogP contribution in [-0.2, 0) is 6.42 Å². The van der Waals surface area contributed by atoms with Gasteiger partial charge in [-0.3, -0.25) is 0 Å². The van der Waals surface area contributed by atoms with Gasteiger partial charge in [-0.2, -0.15) is 13.2 Å². The van der Waals surface area contributed by atoms with Gasteiger partial charge in [0.15, 0.2) is 13.7 Å². The Kier molecular flexibility index (Phi) is 9.67. The van der Waals surface area contributed by atoms with E-state index < -0.39 is 23.4 Å². The van der Waals surface area contributed by atoms with Crippen LogP contribution in [0.4, 0.5) is 29.1 Å². The van der Waals surface area contributed by atoms with Gasteiger partial charge in [0.1, 0.15) is 16.9 Å². The Morgan fingerprint density at radius 2 is 2.05 bits per heavy atom. The summed E-state index contributed by atoms with van der Waals surface area (Å²) in [6.45, 7) is 4.86. The Labute approximate surface area is 247 Å². The van der Waals surface area contributed by atoms with Crippen LogP contribution in [0.3, 0.4) is 0 Å². The molecule has 1 fully saturated rings. The van der Waals surface area contributed by atoms with Crippen molar-refractivity contribution in [1.29, 1.82) is 0 Å². The monoisotopic (exact) mass is 602 g/mol. The molecule has 1 aliphatic heterocycles. The topological polar surface area (TPSA) is 97.1 Å². The molecule has 1 aliphatic rings. The second-order valence-electron chi connectivity index (χ2n) is 10.1. The Morgan fingerprint density at radius 1 is 1.29 bits per heavy atom. The summed E-state index contributed by atoms with van der Waals surface area (Å²) in [5.41, 5.74) is -4.22. The average Bonchev–Trinajstić information content (AvgIpc) is 3.24. The quantitative estimate of drug-likeness (QED) is 0.0837. The summed E-state index contributed by atoms with van der Waals surface area (Å²) in [7, 11) is 8.91. The third-order valence-corrected chi connectivity index (χ3v) is 7.57. The molecular formula is C28H31BF4N6O2S. The number of fused-ring (bicyclic) bond motifs is 1. The summed E-state index contributed by atoms with van der Waals surface area (Å²) in [5.74, 6) is 5.93. The second kappa shape index (κ2) is 12.9. The standard InChI is InChI=1S/C28H31BF4N6O2S/c1-17(34-2)18-6-7-20(15-27(29,40)41)23(13-18)35-9-4-5-19-14-24-25(37-22-8-11-38(3)16-21(22)30)36-10-12-39(24)26(19)42-28(31,32)33/h6-7,10,12-14,21-22,34-35,40-41H,1,8-9,11,15-16H2,2-3H3,(H,36,37). The van der Waals surface area contributed by atoms with Crippen molar-refractivity contribution in [2.24, 2.45) is 0 Å². The average molecular weight is 602 g/mol. The number of benzene rings is 1. The van der Waals surface area contributed by atoms with Gasteiger partial charge in [-0.25, -0.2) is 9.37 Å². The Bertz CT molecular complexity index is 1500. The van der Waals surface area contributed by atoms with E-state index in [-0.39, 0.29) is 47.7 Å². The molecule has 0 spiro atoms. The lowest BCUT2D eigenvalue weighted by Gasteiger charge is -2.33. The lowest BCUT2D eigenvalue weighted by molar-refractivity contribution is -0.0832. The molecule has 2 atom stereocenters. The van der Waals surface area contributed by atoms with Crippen molar-refractivity contribution in [3.8, 4) is 11.8 Å². The highest BCUT2D eigenvalue weighted by atomic mass is 32.2. The highest BCUT2D eigenvalue weighted by molar-refractivity contribution is 8.00. The van der Waals surface area contributed by atoms with E-state index >= 15 is 0 Å². The number of thioether (sulfide) groups is 1. The highest BCUT2D eigenvalue weighted by Crippen LogP contribution is 2.40. The maximum absolute atomic E-state index is 14.7. The van der Waals surface area contributed by atoms with Crippen LogP contribution in [0.1, 0.15) is 23.1 Å². The minimum Gasteiger partial charge on any atom is -0.388 e. The molecule has 2 aromatic heterocycles. The molecule has 4 rings (SSSR count). The summed E-state index contributed by atoms with van der Waals surface area (Å²) in [4.78, 5) is 6.16. The number of aliphatic hydroxyl groups is 2. The highest BCUT2D eigenvalue weighted by Gasteiger charge is 2.33. The van der Waals surface area contributed by atoms with Gasteiger partial charge in [0.2, 0.25) is 0 Å². The number of halogens is 4. The number of piperidine rings is 1. The van der Waals surface area contributed by atoms with Gasteiger partial charge in [-0.1, -0.05) is 30.6 Å².